The predicted octanol–water partition coefficient (Wildman–Crippen LogP) is 1.65. The number of carbonyl (C=O) groups excluding carboxylic acids is 1. The molecule has 1 aromatic heterocycles. The predicted molar refractivity (Wildman–Crippen MR) is 60.7 cm³/mol. The summed E-state index contributed by atoms with van der Waals surface area (Å²) in [5.74, 6) is -1.59. The number of nitrogens with zero attached hydrogens (tertiary/aromatic N) is 2. The quantitative estimate of drug-likeness (QED) is 0.669. The van der Waals surface area contributed by atoms with Crippen molar-refractivity contribution in [1.29, 1.82) is 0 Å². The summed E-state index contributed by atoms with van der Waals surface area (Å²) in [5.41, 5.74) is -0.287. The molecule has 0 aliphatic rings. The van der Waals surface area contributed by atoms with Crippen molar-refractivity contribution in [3.05, 3.63) is 57.7 Å². The second kappa shape index (κ2) is 5.25. The molecule has 0 unspecified atom stereocenters. The summed E-state index contributed by atoms with van der Waals surface area (Å²) in [6.45, 7) is 0.0392. The highest BCUT2D eigenvalue weighted by atomic mass is 19.1. The van der Waals surface area contributed by atoms with Gasteiger partial charge in [-0.25, -0.2) is 4.39 Å². The molecule has 19 heavy (non-hydrogen) atoms. The lowest BCUT2D eigenvalue weighted by atomic mass is 10.1. The Balaban J connectivity index is 2.14. The van der Waals surface area contributed by atoms with Gasteiger partial charge >= 0.3 is 0 Å². The summed E-state index contributed by atoms with van der Waals surface area (Å²) >= 11 is 0. The molecule has 0 aliphatic heterocycles. The van der Waals surface area contributed by atoms with Gasteiger partial charge in [0, 0.05) is 18.2 Å². The number of carbonyl (C=O) groups is 1. The van der Waals surface area contributed by atoms with Crippen LogP contribution in [0, 0.1) is 15.9 Å². The molecule has 0 bridgehead atoms. The number of halogens is 1. The maximum Gasteiger partial charge on any atom is 0.270 e. The van der Waals surface area contributed by atoms with Gasteiger partial charge in [0.25, 0.3) is 11.6 Å². The molecule has 0 saturated carbocycles. The topological polar surface area (TPSA) is 98.3 Å². The van der Waals surface area contributed by atoms with Gasteiger partial charge in [0.05, 0.1) is 17.0 Å². The number of amides is 1. The Hall–Kier alpha value is -2.77. The van der Waals surface area contributed by atoms with Crippen molar-refractivity contribution in [2.75, 3.05) is 0 Å². The number of hydrogen-bond acceptors (Lipinski definition) is 5. The molecule has 2 rings (SSSR count). The fourth-order valence-corrected chi connectivity index (χ4v) is 1.40. The first-order chi connectivity index (χ1) is 9.08. The average Bonchev–Trinajstić information content (AvgIpc) is 2.89. The Morgan fingerprint density at radius 2 is 2.26 bits per heavy atom. The summed E-state index contributed by atoms with van der Waals surface area (Å²) in [6.07, 6.45) is 1.33. The molecule has 1 heterocycles. The number of nitro benzene ring substituents is 1. The number of nitrogens with one attached hydrogen (secondary N) is 1. The van der Waals surface area contributed by atoms with Gasteiger partial charge in [-0.3, -0.25) is 14.9 Å². The fraction of sp³-hybridized carbons (Fsp3) is 0.0909. The summed E-state index contributed by atoms with van der Waals surface area (Å²) in [7, 11) is 0. The van der Waals surface area contributed by atoms with E-state index in [1.807, 2.05) is 0 Å². The number of hydrogen-bond donors (Lipinski definition) is 1. The van der Waals surface area contributed by atoms with Crippen LogP contribution in [0.15, 0.2) is 35.1 Å². The smallest absolute Gasteiger partial charge is 0.270 e. The molecular formula is C11H8FN3O4. The normalized spacial score (nSPS) is 10.2. The zero-order valence-corrected chi connectivity index (χ0v) is 9.50. The van der Waals surface area contributed by atoms with Crippen molar-refractivity contribution >= 4 is 11.6 Å². The van der Waals surface area contributed by atoms with Crippen LogP contribution in [0.2, 0.25) is 0 Å². The van der Waals surface area contributed by atoms with Crippen LogP contribution in [-0.4, -0.2) is 16.0 Å². The van der Waals surface area contributed by atoms with Crippen molar-refractivity contribution in [3.8, 4) is 0 Å². The SMILES string of the molecule is O=C(NCc1ccon1)c1cc([N+](=O)[O-])ccc1F. The first-order valence-electron chi connectivity index (χ1n) is 5.19. The van der Waals surface area contributed by atoms with Crippen LogP contribution in [0.3, 0.4) is 0 Å². The minimum absolute atomic E-state index is 0.0392. The van der Waals surface area contributed by atoms with Crippen LogP contribution in [-0.2, 0) is 6.54 Å². The number of aromatic nitrogens is 1. The highest BCUT2D eigenvalue weighted by Crippen LogP contribution is 2.16. The molecule has 0 spiro atoms. The minimum Gasteiger partial charge on any atom is -0.364 e. The van der Waals surface area contributed by atoms with E-state index in [2.05, 4.69) is 15.0 Å². The average molecular weight is 265 g/mol. The summed E-state index contributed by atoms with van der Waals surface area (Å²) in [5, 5.41) is 16.5. The molecule has 98 valence electrons. The standard InChI is InChI=1S/C11H8FN3O4/c12-10-2-1-8(15(17)18)5-9(10)11(16)13-6-7-3-4-19-14-7/h1-5H,6H2,(H,13,16). The van der Waals surface area contributed by atoms with Crippen molar-refractivity contribution in [2.24, 2.45) is 0 Å². The second-order valence-corrected chi connectivity index (χ2v) is 3.59. The van der Waals surface area contributed by atoms with Crippen LogP contribution in [0.5, 0.6) is 0 Å². The molecule has 1 N–H and O–H groups in total. The second-order valence-electron chi connectivity index (χ2n) is 3.59. The van der Waals surface area contributed by atoms with Crippen LogP contribution in [0.1, 0.15) is 16.1 Å². The van der Waals surface area contributed by atoms with Gasteiger partial charge in [0.2, 0.25) is 0 Å². The van der Waals surface area contributed by atoms with Crippen LogP contribution >= 0.6 is 0 Å². The molecule has 0 aliphatic carbocycles. The lowest BCUT2D eigenvalue weighted by Crippen LogP contribution is -2.24. The van der Waals surface area contributed by atoms with E-state index in [0.717, 1.165) is 18.2 Å². The Labute approximate surface area is 106 Å². The zero-order chi connectivity index (χ0) is 13.8. The Bertz CT molecular complexity index is 612. The summed E-state index contributed by atoms with van der Waals surface area (Å²) in [6, 6.07) is 4.28. The van der Waals surface area contributed by atoms with Gasteiger partial charge in [-0.05, 0) is 6.07 Å². The van der Waals surface area contributed by atoms with E-state index in [1.54, 1.807) is 0 Å². The minimum atomic E-state index is -0.830. The van der Waals surface area contributed by atoms with Gasteiger partial charge < -0.3 is 9.84 Å². The molecule has 1 amide bonds. The van der Waals surface area contributed by atoms with Crippen LogP contribution in [0.4, 0.5) is 10.1 Å². The van der Waals surface area contributed by atoms with Crippen molar-refractivity contribution in [2.45, 2.75) is 6.54 Å². The molecule has 0 radical (unpaired) electrons. The molecule has 8 heteroatoms. The maximum absolute atomic E-state index is 13.4. The summed E-state index contributed by atoms with van der Waals surface area (Å²) < 4.78 is 18.0. The van der Waals surface area contributed by atoms with Gasteiger partial charge in [0.1, 0.15) is 17.8 Å². The van der Waals surface area contributed by atoms with E-state index in [0.29, 0.717) is 5.69 Å². The Morgan fingerprint density at radius 3 is 2.89 bits per heavy atom. The lowest BCUT2D eigenvalue weighted by Gasteiger charge is -2.04. The van der Waals surface area contributed by atoms with E-state index < -0.39 is 22.2 Å². The number of nitro groups is 1. The van der Waals surface area contributed by atoms with E-state index in [9.17, 15) is 19.3 Å². The summed E-state index contributed by atoms with van der Waals surface area (Å²) in [4.78, 5) is 21.6. The zero-order valence-electron chi connectivity index (χ0n) is 9.50. The third-order valence-corrected chi connectivity index (χ3v) is 2.33. The molecule has 0 saturated heterocycles. The molecule has 0 atom stereocenters. The van der Waals surface area contributed by atoms with Crippen molar-refractivity contribution in [1.82, 2.24) is 10.5 Å². The highest BCUT2D eigenvalue weighted by Gasteiger charge is 2.16. The van der Waals surface area contributed by atoms with E-state index in [1.165, 1.54) is 12.3 Å². The van der Waals surface area contributed by atoms with E-state index in [4.69, 9.17) is 0 Å². The van der Waals surface area contributed by atoms with Gasteiger partial charge in [0.15, 0.2) is 0 Å². The van der Waals surface area contributed by atoms with Crippen molar-refractivity contribution < 1.29 is 18.6 Å². The number of rotatable bonds is 4. The lowest BCUT2D eigenvalue weighted by molar-refractivity contribution is -0.384. The molecule has 0 fully saturated rings. The van der Waals surface area contributed by atoms with Crippen LogP contribution in [0.25, 0.3) is 0 Å². The third-order valence-electron chi connectivity index (χ3n) is 2.33. The van der Waals surface area contributed by atoms with E-state index in [-0.39, 0.29) is 12.2 Å². The van der Waals surface area contributed by atoms with Crippen molar-refractivity contribution in [3.63, 3.8) is 0 Å². The fourth-order valence-electron chi connectivity index (χ4n) is 1.40. The highest BCUT2D eigenvalue weighted by molar-refractivity contribution is 5.95. The third kappa shape index (κ3) is 2.92. The van der Waals surface area contributed by atoms with Gasteiger partial charge in [-0.15, -0.1) is 0 Å². The number of non-ortho nitro benzene ring substituents is 1. The monoisotopic (exact) mass is 265 g/mol. The first-order valence-corrected chi connectivity index (χ1v) is 5.19. The molecule has 1 aromatic carbocycles. The van der Waals surface area contributed by atoms with Gasteiger partial charge in [-0.2, -0.15) is 0 Å². The van der Waals surface area contributed by atoms with E-state index >= 15 is 0 Å². The maximum atomic E-state index is 13.4. The molecule has 7 nitrogen and oxygen atoms in total. The Kier molecular flexibility index (Phi) is 3.51. The number of benzene rings is 1. The largest absolute Gasteiger partial charge is 0.364 e. The Morgan fingerprint density at radius 1 is 1.47 bits per heavy atom. The van der Waals surface area contributed by atoms with Gasteiger partial charge in [-0.1, -0.05) is 5.16 Å². The first kappa shape index (κ1) is 12.7. The molecular weight excluding hydrogens is 257 g/mol. The molecule has 2 aromatic rings. The van der Waals surface area contributed by atoms with Crippen LogP contribution < -0.4 is 5.32 Å².